The molecule has 0 aliphatic carbocycles. The lowest BCUT2D eigenvalue weighted by Crippen LogP contribution is -2.51. The molecule has 0 heterocycles. The van der Waals surface area contributed by atoms with Gasteiger partial charge in [-0.3, -0.25) is 4.79 Å². The van der Waals surface area contributed by atoms with Crippen LogP contribution in [-0.2, 0) is 22.4 Å². The second kappa shape index (κ2) is 10.5. The molecule has 6 heteroatoms. The van der Waals surface area contributed by atoms with Crippen LogP contribution in [0.15, 0.2) is 72.8 Å². The second-order valence-corrected chi connectivity index (χ2v) is 9.22. The van der Waals surface area contributed by atoms with Crippen LogP contribution in [0.25, 0.3) is 10.8 Å². The van der Waals surface area contributed by atoms with E-state index >= 15 is 0 Å². The van der Waals surface area contributed by atoms with Crippen LogP contribution in [0.3, 0.4) is 0 Å². The molecule has 3 aromatic rings. The number of hydrogen-bond acceptors (Lipinski definition) is 4. The maximum absolute atomic E-state index is 12.5. The third-order valence-electron chi connectivity index (χ3n) is 5.46. The SMILES string of the molecule is CC(C)(C)OC(=O)N[C@H](Cc1ccccc1)[C@@H](O)[C@@H](Cc1cccc2ccccc12)C(=O)O. The van der Waals surface area contributed by atoms with Crippen molar-refractivity contribution in [3.63, 3.8) is 0 Å². The van der Waals surface area contributed by atoms with Gasteiger partial charge in [-0.05, 0) is 55.5 Å². The van der Waals surface area contributed by atoms with Gasteiger partial charge in [0.15, 0.2) is 0 Å². The molecule has 0 fully saturated rings. The van der Waals surface area contributed by atoms with Gasteiger partial charge in [0.2, 0.25) is 0 Å². The monoisotopic (exact) mass is 449 g/mol. The van der Waals surface area contributed by atoms with Gasteiger partial charge in [-0.15, -0.1) is 0 Å². The van der Waals surface area contributed by atoms with Crippen LogP contribution in [0.1, 0.15) is 31.9 Å². The molecule has 3 rings (SSSR count). The molecule has 0 radical (unpaired) electrons. The molecule has 0 saturated heterocycles. The third kappa shape index (κ3) is 6.80. The number of carboxylic acids is 1. The normalized spacial score (nSPS) is 14.3. The van der Waals surface area contributed by atoms with Gasteiger partial charge < -0.3 is 20.3 Å². The Bertz CT molecular complexity index is 1090. The summed E-state index contributed by atoms with van der Waals surface area (Å²) in [7, 11) is 0. The van der Waals surface area contributed by atoms with Crippen LogP contribution < -0.4 is 5.32 Å². The Labute approximate surface area is 194 Å². The first kappa shape index (κ1) is 24.3. The standard InChI is InChI=1S/C27H31NO5/c1-27(2,3)33-26(32)28-23(16-18-10-5-4-6-11-18)24(29)22(25(30)31)17-20-14-9-13-19-12-7-8-15-21(19)20/h4-15,22-24,29H,16-17H2,1-3H3,(H,28,32)(H,30,31)/t22-,23-,24+/m1/s1. The van der Waals surface area contributed by atoms with E-state index in [2.05, 4.69) is 5.32 Å². The van der Waals surface area contributed by atoms with Gasteiger partial charge in [-0.1, -0.05) is 72.8 Å². The van der Waals surface area contributed by atoms with Crippen molar-refractivity contribution < 1.29 is 24.5 Å². The zero-order valence-electron chi connectivity index (χ0n) is 19.2. The third-order valence-corrected chi connectivity index (χ3v) is 5.46. The topological polar surface area (TPSA) is 95.9 Å². The smallest absolute Gasteiger partial charge is 0.407 e. The highest BCUT2D eigenvalue weighted by Gasteiger charge is 2.35. The van der Waals surface area contributed by atoms with E-state index < -0.39 is 35.7 Å². The Morgan fingerprint density at radius 2 is 1.55 bits per heavy atom. The van der Waals surface area contributed by atoms with E-state index in [4.69, 9.17) is 4.74 Å². The Balaban J connectivity index is 1.88. The number of aliphatic hydroxyl groups excluding tert-OH is 1. The predicted octanol–water partition coefficient (Wildman–Crippen LogP) is 4.58. The molecular formula is C27H31NO5. The molecule has 0 aliphatic rings. The lowest BCUT2D eigenvalue weighted by molar-refractivity contribution is -0.146. The molecule has 6 nitrogen and oxygen atoms in total. The van der Waals surface area contributed by atoms with Crippen LogP contribution >= 0.6 is 0 Å². The average Bonchev–Trinajstić information content (AvgIpc) is 2.76. The van der Waals surface area contributed by atoms with Crippen molar-refractivity contribution in [3.05, 3.63) is 83.9 Å². The minimum Gasteiger partial charge on any atom is -0.481 e. The summed E-state index contributed by atoms with van der Waals surface area (Å²) >= 11 is 0. The molecule has 3 N–H and O–H groups in total. The molecule has 0 spiro atoms. The van der Waals surface area contributed by atoms with E-state index in [1.807, 2.05) is 72.8 Å². The van der Waals surface area contributed by atoms with Crippen LogP contribution in [0.4, 0.5) is 4.79 Å². The first-order valence-corrected chi connectivity index (χ1v) is 11.0. The minimum atomic E-state index is -1.34. The summed E-state index contributed by atoms with van der Waals surface area (Å²) in [4.78, 5) is 24.7. The number of fused-ring (bicyclic) bond motifs is 1. The largest absolute Gasteiger partial charge is 0.481 e. The highest BCUT2D eigenvalue weighted by Crippen LogP contribution is 2.24. The zero-order valence-corrected chi connectivity index (χ0v) is 19.2. The Hall–Kier alpha value is -3.38. The molecule has 174 valence electrons. The zero-order chi connectivity index (χ0) is 24.0. The van der Waals surface area contributed by atoms with Gasteiger partial charge in [-0.2, -0.15) is 0 Å². The molecule has 0 saturated carbocycles. The number of carboxylic acid groups (broad SMARTS) is 1. The fourth-order valence-electron chi connectivity index (χ4n) is 3.93. The molecular weight excluding hydrogens is 418 g/mol. The molecule has 0 unspecified atom stereocenters. The fraction of sp³-hybridized carbons (Fsp3) is 0.333. The van der Waals surface area contributed by atoms with Gasteiger partial charge in [0, 0.05) is 0 Å². The number of aliphatic hydroxyl groups is 1. The number of alkyl carbamates (subject to hydrolysis) is 1. The van der Waals surface area contributed by atoms with Crippen molar-refractivity contribution in [3.8, 4) is 0 Å². The molecule has 0 aromatic heterocycles. The Morgan fingerprint density at radius 1 is 0.909 bits per heavy atom. The Morgan fingerprint density at radius 3 is 2.21 bits per heavy atom. The summed E-state index contributed by atoms with van der Waals surface area (Å²) in [6.07, 6.45) is -1.65. The van der Waals surface area contributed by atoms with Gasteiger partial charge in [0.1, 0.15) is 5.60 Å². The van der Waals surface area contributed by atoms with Crippen molar-refractivity contribution >= 4 is 22.8 Å². The van der Waals surface area contributed by atoms with Crippen molar-refractivity contribution in [2.75, 3.05) is 0 Å². The van der Waals surface area contributed by atoms with E-state index in [9.17, 15) is 19.8 Å². The highest BCUT2D eigenvalue weighted by molar-refractivity contribution is 5.86. The van der Waals surface area contributed by atoms with E-state index in [-0.39, 0.29) is 12.8 Å². The fourth-order valence-corrected chi connectivity index (χ4v) is 3.93. The maximum Gasteiger partial charge on any atom is 0.407 e. The number of ether oxygens (including phenoxy) is 1. The Kier molecular flexibility index (Phi) is 7.71. The van der Waals surface area contributed by atoms with Crippen LogP contribution in [-0.4, -0.2) is 40.0 Å². The van der Waals surface area contributed by atoms with Crippen molar-refractivity contribution in [1.29, 1.82) is 0 Å². The summed E-state index contributed by atoms with van der Waals surface area (Å²) < 4.78 is 5.36. The highest BCUT2D eigenvalue weighted by atomic mass is 16.6. The van der Waals surface area contributed by atoms with Gasteiger partial charge in [0.05, 0.1) is 18.1 Å². The van der Waals surface area contributed by atoms with E-state index in [1.54, 1.807) is 20.8 Å². The van der Waals surface area contributed by atoms with Gasteiger partial charge in [0.25, 0.3) is 0 Å². The number of aliphatic carboxylic acids is 1. The molecule has 3 aromatic carbocycles. The molecule has 0 aliphatic heterocycles. The summed E-state index contributed by atoms with van der Waals surface area (Å²) in [5.41, 5.74) is 0.976. The molecule has 3 atom stereocenters. The first-order valence-electron chi connectivity index (χ1n) is 11.0. The summed E-state index contributed by atoms with van der Waals surface area (Å²) in [6, 6.07) is 21.9. The predicted molar refractivity (Wildman–Crippen MR) is 128 cm³/mol. The first-order chi connectivity index (χ1) is 15.6. The van der Waals surface area contributed by atoms with E-state index in [0.29, 0.717) is 0 Å². The number of amides is 1. The number of hydrogen-bond donors (Lipinski definition) is 3. The van der Waals surface area contributed by atoms with Crippen molar-refractivity contribution in [1.82, 2.24) is 5.32 Å². The molecule has 1 amide bonds. The summed E-state index contributed by atoms with van der Waals surface area (Å²) in [5, 5.41) is 25.9. The number of nitrogens with one attached hydrogen (secondary N) is 1. The van der Waals surface area contributed by atoms with E-state index in [1.165, 1.54) is 0 Å². The second-order valence-electron chi connectivity index (χ2n) is 9.22. The van der Waals surface area contributed by atoms with Crippen LogP contribution in [0, 0.1) is 5.92 Å². The van der Waals surface area contributed by atoms with Gasteiger partial charge >= 0.3 is 12.1 Å². The van der Waals surface area contributed by atoms with Crippen molar-refractivity contribution in [2.45, 2.75) is 51.4 Å². The molecule has 33 heavy (non-hydrogen) atoms. The average molecular weight is 450 g/mol. The number of benzene rings is 3. The van der Waals surface area contributed by atoms with E-state index in [0.717, 1.165) is 21.9 Å². The minimum absolute atomic E-state index is 0.124. The number of rotatable bonds is 8. The van der Waals surface area contributed by atoms with Gasteiger partial charge in [-0.25, -0.2) is 4.79 Å². The maximum atomic E-state index is 12.5. The van der Waals surface area contributed by atoms with Crippen LogP contribution in [0.5, 0.6) is 0 Å². The summed E-state index contributed by atoms with van der Waals surface area (Å²) in [6.45, 7) is 5.24. The lowest BCUT2D eigenvalue weighted by Gasteiger charge is -2.30. The quantitative estimate of drug-likeness (QED) is 0.468. The van der Waals surface area contributed by atoms with Crippen LogP contribution in [0.2, 0.25) is 0 Å². The molecule has 0 bridgehead atoms. The summed E-state index contributed by atoms with van der Waals surface area (Å²) in [5.74, 6) is -2.25. The number of carbonyl (C=O) groups excluding carboxylic acids is 1. The lowest BCUT2D eigenvalue weighted by atomic mass is 9.86. The van der Waals surface area contributed by atoms with Crippen molar-refractivity contribution in [2.24, 2.45) is 5.92 Å². The number of carbonyl (C=O) groups is 2.